The molecule has 0 aromatic carbocycles. The molecule has 4 heteroatoms. The Bertz CT molecular complexity index is 643. The van der Waals surface area contributed by atoms with Crippen molar-refractivity contribution in [1.29, 1.82) is 0 Å². The van der Waals surface area contributed by atoms with Gasteiger partial charge in [0.1, 0.15) is 11.6 Å². The summed E-state index contributed by atoms with van der Waals surface area (Å²) in [5, 5.41) is 0. The molecule has 0 saturated heterocycles. The standard InChI is InChI=1S/C10H24N4/c1-11(2)9(12(3)4)10(13(5)6)14(7)8/h1-8H3/i1D3,2D3,3D3,4D3,5D3,6D3,7D3,8D3. The van der Waals surface area contributed by atoms with Crippen molar-refractivity contribution in [2.45, 2.75) is 0 Å². The van der Waals surface area contributed by atoms with Crippen LogP contribution >= 0.6 is 0 Å². The molecule has 0 fully saturated rings. The molecule has 0 unspecified atom stereocenters. The minimum Gasteiger partial charge on any atom is -0.361 e. The molecule has 0 bridgehead atoms. The number of hydrogen-bond acceptors (Lipinski definition) is 4. The molecule has 0 aromatic heterocycles. The fourth-order valence-electron chi connectivity index (χ4n) is 0.600. The Hall–Kier alpha value is -1.06. The maximum Gasteiger partial charge on any atom is 0.145 e. The first kappa shape index (κ1) is 1.43. The van der Waals surface area contributed by atoms with Gasteiger partial charge in [0.05, 0.1) is 0 Å². The van der Waals surface area contributed by atoms with Gasteiger partial charge in [0.15, 0.2) is 0 Å². The lowest BCUT2D eigenvalue weighted by atomic mass is 10.4. The first-order valence-corrected chi connectivity index (χ1v) is 2.93. The molecule has 0 N–H and O–H groups in total. The fourth-order valence-corrected chi connectivity index (χ4v) is 0.600. The van der Waals surface area contributed by atoms with Crippen LogP contribution < -0.4 is 0 Å². The third-order valence-corrected chi connectivity index (χ3v) is 1.05. The quantitative estimate of drug-likeness (QED) is 0.684. The Balaban J connectivity index is 9.15. The summed E-state index contributed by atoms with van der Waals surface area (Å²) in [6.45, 7) is -33.4. The van der Waals surface area contributed by atoms with E-state index < -0.39 is 87.0 Å². The van der Waals surface area contributed by atoms with Gasteiger partial charge in [0.25, 0.3) is 0 Å². The van der Waals surface area contributed by atoms with Crippen LogP contribution in [0.2, 0.25) is 0 Å². The molecule has 0 spiro atoms. The maximum atomic E-state index is 7.65. The van der Waals surface area contributed by atoms with Crippen molar-refractivity contribution < 1.29 is 32.9 Å². The fraction of sp³-hybridized carbons (Fsp3) is 0.800. The maximum absolute atomic E-state index is 7.65. The van der Waals surface area contributed by atoms with Crippen LogP contribution in [0.5, 0.6) is 0 Å². The first-order valence-electron chi connectivity index (χ1n) is 14.9. The van der Waals surface area contributed by atoms with E-state index in [9.17, 15) is 0 Å². The Morgan fingerprint density at radius 3 is 0.929 bits per heavy atom. The van der Waals surface area contributed by atoms with E-state index in [0.717, 1.165) is 0 Å². The lowest BCUT2D eigenvalue weighted by Crippen LogP contribution is -2.35. The van der Waals surface area contributed by atoms with E-state index >= 15 is 0 Å². The van der Waals surface area contributed by atoms with Crippen LogP contribution in [0.15, 0.2) is 11.6 Å². The molecule has 0 atom stereocenters. The molecular formula is C10H24N4. The highest BCUT2D eigenvalue weighted by Crippen LogP contribution is 2.13. The van der Waals surface area contributed by atoms with Crippen LogP contribution in [0.25, 0.3) is 0 Å². The van der Waals surface area contributed by atoms with E-state index in [0.29, 0.717) is 0 Å². The zero-order chi connectivity index (χ0) is 31.5. The van der Waals surface area contributed by atoms with E-state index in [-0.39, 0.29) is 0 Å². The lowest BCUT2D eigenvalue weighted by molar-refractivity contribution is 0.256. The van der Waals surface area contributed by atoms with E-state index in [1.807, 2.05) is 0 Å². The molecular weight excluding hydrogens is 176 g/mol. The van der Waals surface area contributed by atoms with Crippen LogP contribution in [0.4, 0.5) is 0 Å². The first-order chi connectivity index (χ1) is 16.0. The van der Waals surface area contributed by atoms with Crippen molar-refractivity contribution in [3.8, 4) is 0 Å². The molecule has 0 saturated carbocycles. The van der Waals surface area contributed by atoms with Crippen molar-refractivity contribution in [2.24, 2.45) is 0 Å². The van der Waals surface area contributed by atoms with Gasteiger partial charge in [-0.1, -0.05) is 0 Å². The van der Waals surface area contributed by atoms with E-state index in [2.05, 4.69) is 0 Å². The van der Waals surface area contributed by atoms with Gasteiger partial charge in [-0.25, -0.2) is 0 Å². The summed E-state index contributed by atoms with van der Waals surface area (Å²) in [5.41, 5.74) is 0. The van der Waals surface area contributed by atoms with Crippen molar-refractivity contribution in [1.82, 2.24) is 19.6 Å². The SMILES string of the molecule is [2H]C([2H])([2H])N(C(=C(N(C([2H])([2H])[2H])C([2H])([2H])[2H])N(C([2H])([2H])[2H])C([2H])([2H])[2H])N(C([2H])([2H])[2H])C([2H])([2H])[2H])C([2H])([2H])[2H]. The van der Waals surface area contributed by atoms with E-state index in [4.69, 9.17) is 32.9 Å². The molecule has 0 rings (SSSR count). The highest BCUT2D eigenvalue weighted by molar-refractivity contribution is 5.07. The van der Waals surface area contributed by atoms with Gasteiger partial charge in [-0.15, -0.1) is 0 Å². The normalized spacial score (nSPS) is 42.0. The van der Waals surface area contributed by atoms with Crippen molar-refractivity contribution in [3.63, 3.8) is 0 Å². The average Bonchev–Trinajstić information content (AvgIpc) is 2.41. The molecule has 0 heterocycles. The molecule has 14 heavy (non-hydrogen) atoms. The van der Waals surface area contributed by atoms with Gasteiger partial charge >= 0.3 is 0 Å². The van der Waals surface area contributed by atoms with Crippen molar-refractivity contribution in [2.75, 3.05) is 55.8 Å². The summed E-state index contributed by atoms with van der Waals surface area (Å²) in [7, 11) is 0. The van der Waals surface area contributed by atoms with Gasteiger partial charge in [-0.3, -0.25) is 0 Å². The second-order valence-electron chi connectivity index (χ2n) is 1.99. The Labute approximate surface area is 122 Å². The van der Waals surface area contributed by atoms with Crippen LogP contribution in [0.1, 0.15) is 32.9 Å². The summed E-state index contributed by atoms with van der Waals surface area (Å²) < 4.78 is 184. The van der Waals surface area contributed by atoms with E-state index in [1.54, 1.807) is 0 Å². The molecule has 84 valence electrons. The largest absolute Gasteiger partial charge is 0.361 e. The van der Waals surface area contributed by atoms with Crippen molar-refractivity contribution in [3.05, 3.63) is 11.6 Å². The molecule has 0 aliphatic rings. The number of rotatable bonds is 4. The van der Waals surface area contributed by atoms with E-state index in [1.165, 1.54) is 0 Å². The van der Waals surface area contributed by atoms with Crippen molar-refractivity contribution >= 4 is 0 Å². The van der Waals surface area contributed by atoms with Gasteiger partial charge < -0.3 is 19.6 Å². The molecule has 0 aromatic rings. The van der Waals surface area contributed by atoms with Crippen LogP contribution in [0.3, 0.4) is 0 Å². The minimum atomic E-state index is -4.18. The Morgan fingerprint density at radius 1 is 0.571 bits per heavy atom. The highest BCUT2D eigenvalue weighted by atomic mass is 15.4. The Morgan fingerprint density at radius 2 is 0.786 bits per heavy atom. The third-order valence-electron chi connectivity index (χ3n) is 1.05. The molecule has 0 amide bonds. The van der Waals surface area contributed by atoms with Crippen LogP contribution in [-0.4, -0.2) is 75.4 Å². The highest BCUT2D eigenvalue weighted by Gasteiger charge is 2.14. The van der Waals surface area contributed by atoms with Gasteiger partial charge in [-0.2, -0.15) is 0 Å². The summed E-state index contributed by atoms with van der Waals surface area (Å²) in [4.78, 5) is -4.04. The minimum absolute atomic E-state index is 1.01. The van der Waals surface area contributed by atoms with Crippen LogP contribution in [0, 0.1) is 0 Å². The number of nitrogens with zero attached hydrogens (tertiary/aromatic N) is 4. The summed E-state index contributed by atoms with van der Waals surface area (Å²) in [6, 6.07) is 0. The summed E-state index contributed by atoms with van der Waals surface area (Å²) in [6.07, 6.45) is 0. The molecule has 0 radical (unpaired) electrons. The second kappa shape index (κ2) is 4.98. The summed E-state index contributed by atoms with van der Waals surface area (Å²) in [5.74, 6) is -4.77. The topological polar surface area (TPSA) is 13.0 Å². The molecule has 0 aliphatic heterocycles. The predicted molar refractivity (Wildman–Crippen MR) is 61.8 cm³/mol. The Kier molecular flexibility index (Phi) is 0.508. The zero-order valence-electron chi connectivity index (χ0n) is 30.8. The third kappa shape index (κ3) is 3.01. The monoisotopic (exact) mass is 224 g/mol. The van der Waals surface area contributed by atoms with Gasteiger partial charge in [-0.05, 0) is 0 Å². The average molecular weight is 224 g/mol. The summed E-state index contributed by atoms with van der Waals surface area (Å²) >= 11 is 0. The number of hydrogen-bond donors (Lipinski definition) is 0. The van der Waals surface area contributed by atoms with Gasteiger partial charge in [0.2, 0.25) is 0 Å². The zero-order valence-corrected chi connectivity index (χ0v) is 6.79. The lowest BCUT2D eigenvalue weighted by Gasteiger charge is -2.34. The van der Waals surface area contributed by atoms with Crippen LogP contribution in [-0.2, 0) is 0 Å². The van der Waals surface area contributed by atoms with Gasteiger partial charge in [0, 0.05) is 88.7 Å². The second-order valence-corrected chi connectivity index (χ2v) is 1.99. The predicted octanol–water partition coefficient (Wildman–Crippen LogP) is 0.359. The molecule has 4 nitrogen and oxygen atoms in total. The smallest absolute Gasteiger partial charge is 0.145 e. The molecule has 0 aliphatic carbocycles.